The van der Waals surface area contributed by atoms with Crippen molar-refractivity contribution >= 4 is 35.0 Å². The Bertz CT molecular complexity index is 837. The van der Waals surface area contributed by atoms with Crippen LogP contribution in [0.2, 0.25) is 10.0 Å². The predicted octanol–water partition coefficient (Wildman–Crippen LogP) is 5.19. The quantitative estimate of drug-likeness (QED) is 0.517. The SMILES string of the molecule is COCCn1c(SCc2cccc(Cl)c2)nnc1-c1ccc(Cl)cc1. The van der Waals surface area contributed by atoms with Crippen molar-refractivity contribution in [2.45, 2.75) is 17.5 Å². The van der Waals surface area contributed by atoms with Crippen LogP contribution in [0.15, 0.2) is 53.7 Å². The highest BCUT2D eigenvalue weighted by atomic mass is 35.5. The molecule has 0 radical (unpaired) electrons. The molecule has 0 aliphatic carbocycles. The van der Waals surface area contributed by atoms with Crippen LogP contribution in [-0.4, -0.2) is 28.5 Å². The third-order valence-corrected chi connectivity index (χ3v) is 5.12. The number of rotatable bonds is 7. The van der Waals surface area contributed by atoms with E-state index in [1.807, 2.05) is 42.5 Å². The standard InChI is InChI=1S/C18H17Cl2N3OS/c1-24-10-9-23-17(14-5-7-15(19)8-6-14)21-22-18(23)25-12-13-3-2-4-16(20)11-13/h2-8,11H,9-10,12H2,1H3. The second-order valence-electron chi connectivity index (χ2n) is 5.38. The van der Waals surface area contributed by atoms with Crippen LogP contribution in [0.3, 0.4) is 0 Å². The second kappa shape index (κ2) is 8.72. The van der Waals surface area contributed by atoms with E-state index in [1.165, 1.54) is 0 Å². The summed E-state index contributed by atoms with van der Waals surface area (Å²) >= 11 is 13.7. The summed E-state index contributed by atoms with van der Waals surface area (Å²) in [6.07, 6.45) is 0. The van der Waals surface area contributed by atoms with E-state index in [0.29, 0.717) is 18.2 Å². The molecule has 0 amide bonds. The number of nitrogens with zero attached hydrogens (tertiary/aromatic N) is 3. The van der Waals surface area contributed by atoms with Gasteiger partial charge in [-0.3, -0.25) is 4.57 Å². The lowest BCUT2D eigenvalue weighted by molar-refractivity contribution is 0.185. The number of hydrogen-bond acceptors (Lipinski definition) is 4. The summed E-state index contributed by atoms with van der Waals surface area (Å²) in [5, 5.41) is 11.0. The number of thioether (sulfide) groups is 1. The Labute approximate surface area is 161 Å². The van der Waals surface area contributed by atoms with Crippen molar-refractivity contribution in [3.63, 3.8) is 0 Å². The number of halogens is 2. The molecule has 130 valence electrons. The molecule has 2 aromatic carbocycles. The van der Waals surface area contributed by atoms with Crippen LogP contribution in [0.25, 0.3) is 11.4 Å². The van der Waals surface area contributed by atoms with Crippen LogP contribution < -0.4 is 0 Å². The molecule has 0 atom stereocenters. The van der Waals surface area contributed by atoms with Gasteiger partial charge in [-0.25, -0.2) is 0 Å². The van der Waals surface area contributed by atoms with E-state index in [4.69, 9.17) is 27.9 Å². The minimum absolute atomic E-state index is 0.587. The number of aromatic nitrogens is 3. The van der Waals surface area contributed by atoms with Crippen LogP contribution in [-0.2, 0) is 17.0 Å². The van der Waals surface area contributed by atoms with E-state index in [1.54, 1.807) is 18.9 Å². The van der Waals surface area contributed by atoms with E-state index in [0.717, 1.165) is 32.9 Å². The Morgan fingerprint density at radius 3 is 2.56 bits per heavy atom. The molecule has 0 fully saturated rings. The van der Waals surface area contributed by atoms with Crippen molar-refractivity contribution in [1.29, 1.82) is 0 Å². The third-order valence-electron chi connectivity index (χ3n) is 3.60. The summed E-state index contributed by atoms with van der Waals surface area (Å²) in [5.41, 5.74) is 2.12. The molecule has 0 saturated heterocycles. The molecular formula is C18H17Cl2N3OS. The molecule has 4 nitrogen and oxygen atoms in total. The Morgan fingerprint density at radius 2 is 1.84 bits per heavy atom. The van der Waals surface area contributed by atoms with Crippen molar-refractivity contribution in [3.05, 3.63) is 64.1 Å². The lowest BCUT2D eigenvalue weighted by Gasteiger charge is -2.10. The normalized spacial score (nSPS) is 11.0. The molecule has 0 saturated carbocycles. The number of ether oxygens (including phenoxy) is 1. The van der Waals surface area contributed by atoms with Crippen molar-refractivity contribution in [3.8, 4) is 11.4 Å². The third kappa shape index (κ3) is 4.76. The van der Waals surface area contributed by atoms with Gasteiger partial charge in [0.05, 0.1) is 13.2 Å². The topological polar surface area (TPSA) is 39.9 Å². The van der Waals surface area contributed by atoms with E-state index in [9.17, 15) is 0 Å². The maximum Gasteiger partial charge on any atom is 0.191 e. The van der Waals surface area contributed by atoms with Gasteiger partial charge in [-0.15, -0.1) is 10.2 Å². The van der Waals surface area contributed by atoms with Gasteiger partial charge >= 0.3 is 0 Å². The summed E-state index contributed by atoms with van der Waals surface area (Å²) in [4.78, 5) is 0. The predicted molar refractivity (Wildman–Crippen MR) is 103 cm³/mol. The highest BCUT2D eigenvalue weighted by Crippen LogP contribution is 2.27. The molecule has 0 aliphatic heterocycles. The van der Waals surface area contributed by atoms with Gasteiger partial charge in [0.2, 0.25) is 0 Å². The molecule has 25 heavy (non-hydrogen) atoms. The monoisotopic (exact) mass is 393 g/mol. The summed E-state index contributed by atoms with van der Waals surface area (Å²) in [6, 6.07) is 15.4. The second-order valence-corrected chi connectivity index (χ2v) is 7.19. The highest BCUT2D eigenvalue weighted by molar-refractivity contribution is 7.98. The number of benzene rings is 2. The van der Waals surface area contributed by atoms with Gasteiger partial charge in [-0.05, 0) is 42.0 Å². The van der Waals surface area contributed by atoms with Crippen molar-refractivity contribution < 1.29 is 4.74 Å². The van der Waals surface area contributed by atoms with Crippen molar-refractivity contribution in [2.75, 3.05) is 13.7 Å². The van der Waals surface area contributed by atoms with Crippen LogP contribution in [0.1, 0.15) is 5.56 Å². The van der Waals surface area contributed by atoms with E-state index in [2.05, 4.69) is 20.8 Å². The smallest absolute Gasteiger partial charge is 0.191 e. The lowest BCUT2D eigenvalue weighted by Crippen LogP contribution is -2.07. The number of methoxy groups -OCH3 is 1. The van der Waals surface area contributed by atoms with Gasteiger partial charge in [0, 0.05) is 28.5 Å². The fraction of sp³-hybridized carbons (Fsp3) is 0.222. The molecule has 0 unspecified atom stereocenters. The van der Waals surface area contributed by atoms with Gasteiger partial charge in [-0.2, -0.15) is 0 Å². The minimum atomic E-state index is 0.587. The average molecular weight is 394 g/mol. The van der Waals surface area contributed by atoms with Crippen LogP contribution in [0, 0.1) is 0 Å². The summed E-state index contributed by atoms with van der Waals surface area (Å²) in [7, 11) is 1.69. The zero-order valence-electron chi connectivity index (χ0n) is 13.7. The van der Waals surface area contributed by atoms with Gasteiger partial charge in [-0.1, -0.05) is 47.1 Å². The van der Waals surface area contributed by atoms with Gasteiger partial charge in [0.25, 0.3) is 0 Å². The summed E-state index contributed by atoms with van der Waals surface area (Å²) < 4.78 is 7.31. The van der Waals surface area contributed by atoms with Crippen molar-refractivity contribution in [1.82, 2.24) is 14.8 Å². The fourth-order valence-corrected chi connectivity index (χ4v) is 3.61. The Kier molecular flexibility index (Phi) is 6.37. The molecule has 1 heterocycles. The van der Waals surface area contributed by atoms with Gasteiger partial charge < -0.3 is 4.74 Å². The molecule has 0 bridgehead atoms. The maximum absolute atomic E-state index is 6.05. The van der Waals surface area contributed by atoms with Crippen LogP contribution in [0.5, 0.6) is 0 Å². The molecule has 3 aromatic rings. The largest absolute Gasteiger partial charge is 0.383 e. The van der Waals surface area contributed by atoms with Crippen molar-refractivity contribution in [2.24, 2.45) is 0 Å². The molecule has 0 spiro atoms. The maximum atomic E-state index is 6.05. The van der Waals surface area contributed by atoms with Gasteiger partial charge in [0.15, 0.2) is 11.0 Å². The Hall–Kier alpha value is -1.53. The van der Waals surface area contributed by atoms with Gasteiger partial charge in [0.1, 0.15) is 0 Å². The van der Waals surface area contributed by atoms with E-state index < -0.39 is 0 Å². The van der Waals surface area contributed by atoms with Crippen LogP contribution in [0.4, 0.5) is 0 Å². The molecule has 7 heteroatoms. The molecule has 1 aromatic heterocycles. The van der Waals surface area contributed by atoms with Crippen LogP contribution >= 0.6 is 35.0 Å². The summed E-state index contributed by atoms with van der Waals surface area (Å²) in [6.45, 7) is 1.27. The summed E-state index contributed by atoms with van der Waals surface area (Å²) in [5.74, 6) is 1.58. The van der Waals surface area contributed by atoms with E-state index >= 15 is 0 Å². The first-order valence-corrected chi connectivity index (χ1v) is 9.47. The Balaban J connectivity index is 1.84. The highest BCUT2D eigenvalue weighted by Gasteiger charge is 2.14. The molecule has 0 N–H and O–H groups in total. The zero-order chi connectivity index (χ0) is 17.6. The van der Waals surface area contributed by atoms with E-state index in [-0.39, 0.29) is 0 Å². The zero-order valence-corrected chi connectivity index (χ0v) is 16.0. The minimum Gasteiger partial charge on any atom is -0.383 e. The first-order chi connectivity index (χ1) is 12.2. The first kappa shape index (κ1) is 18.3. The molecular weight excluding hydrogens is 377 g/mol. The Morgan fingerprint density at radius 1 is 1.04 bits per heavy atom. The average Bonchev–Trinajstić information content (AvgIpc) is 3.01. The first-order valence-electron chi connectivity index (χ1n) is 7.72. The lowest BCUT2D eigenvalue weighted by atomic mass is 10.2. The molecule has 0 aliphatic rings. The fourth-order valence-electron chi connectivity index (χ4n) is 2.37. The number of hydrogen-bond donors (Lipinski definition) is 0. The molecule has 3 rings (SSSR count).